The SMILES string of the molecule is CCOC(=O)c1c[nH]c2ccccc12.COC(=O)c1c[nH]c2ccccc12.O=C(O)c1c[nH]c2ccccc12. The molecule has 0 aliphatic rings. The average Bonchev–Trinajstić information content (AvgIpc) is 3.70. The number of hydrogen-bond donors (Lipinski definition) is 4. The second kappa shape index (κ2) is 12.3. The van der Waals surface area contributed by atoms with Gasteiger partial charge in [-0.25, -0.2) is 14.4 Å². The van der Waals surface area contributed by atoms with E-state index in [-0.39, 0.29) is 11.9 Å². The van der Waals surface area contributed by atoms with Crippen LogP contribution in [-0.4, -0.2) is 51.7 Å². The minimum Gasteiger partial charge on any atom is -0.478 e. The van der Waals surface area contributed by atoms with Crippen molar-refractivity contribution in [3.63, 3.8) is 0 Å². The van der Waals surface area contributed by atoms with Crippen LogP contribution in [0.4, 0.5) is 0 Å². The summed E-state index contributed by atoms with van der Waals surface area (Å²) in [6.45, 7) is 2.20. The van der Waals surface area contributed by atoms with Gasteiger partial charge in [-0.2, -0.15) is 0 Å². The number of fused-ring (bicyclic) bond motifs is 3. The lowest BCUT2D eigenvalue weighted by Gasteiger charge is -1.98. The van der Waals surface area contributed by atoms with E-state index in [0.29, 0.717) is 23.3 Å². The van der Waals surface area contributed by atoms with Crippen LogP contribution in [0.5, 0.6) is 0 Å². The van der Waals surface area contributed by atoms with E-state index in [1.165, 1.54) is 13.3 Å². The summed E-state index contributed by atoms with van der Waals surface area (Å²) in [6, 6.07) is 22.6. The monoisotopic (exact) mass is 525 g/mol. The number of nitrogens with one attached hydrogen (secondary N) is 3. The maximum atomic E-state index is 11.5. The summed E-state index contributed by atoms with van der Waals surface area (Å²) in [4.78, 5) is 42.3. The lowest BCUT2D eigenvalue weighted by atomic mass is 10.2. The quantitative estimate of drug-likeness (QED) is 0.203. The molecular formula is C30H27N3O6. The van der Waals surface area contributed by atoms with Crippen LogP contribution >= 0.6 is 0 Å². The first kappa shape index (κ1) is 26.7. The second-order valence-corrected chi connectivity index (χ2v) is 8.26. The van der Waals surface area contributed by atoms with Gasteiger partial charge < -0.3 is 29.5 Å². The van der Waals surface area contributed by atoms with E-state index in [4.69, 9.17) is 9.84 Å². The predicted molar refractivity (Wildman–Crippen MR) is 149 cm³/mol. The van der Waals surface area contributed by atoms with Gasteiger partial charge in [-0.1, -0.05) is 54.6 Å². The molecule has 0 bridgehead atoms. The Bertz CT molecular complexity index is 1740. The molecule has 6 aromatic rings. The third-order valence-corrected chi connectivity index (χ3v) is 5.90. The minimum absolute atomic E-state index is 0.273. The first-order valence-corrected chi connectivity index (χ1v) is 12.1. The zero-order chi connectivity index (χ0) is 27.8. The van der Waals surface area contributed by atoms with Gasteiger partial charge in [-0.15, -0.1) is 0 Å². The molecule has 9 nitrogen and oxygen atoms in total. The van der Waals surface area contributed by atoms with Crippen LogP contribution in [0.3, 0.4) is 0 Å². The number of H-pyrrole nitrogens is 3. The maximum Gasteiger partial charge on any atom is 0.340 e. The number of ether oxygens (including phenoxy) is 2. The van der Waals surface area contributed by atoms with Crippen LogP contribution in [0, 0.1) is 0 Å². The molecule has 39 heavy (non-hydrogen) atoms. The molecule has 0 saturated heterocycles. The molecule has 0 amide bonds. The number of hydrogen-bond acceptors (Lipinski definition) is 5. The summed E-state index contributed by atoms with van der Waals surface area (Å²) in [5.41, 5.74) is 4.26. The van der Waals surface area contributed by atoms with E-state index in [9.17, 15) is 14.4 Å². The van der Waals surface area contributed by atoms with E-state index < -0.39 is 5.97 Å². The predicted octanol–water partition coefficient (Wildman–Crippen LogP) is 6.17. The van der Waals surface area contributed by atoms with Crippen molar-refractivity contribution in [3.8, 4) is 0 Å². The molecule has 4 N–H and O–H groups in total. The number of esters is 2. The van der Waals surface area contributed by atoms with Crippen LogP contribution in [0.25, 0.3) is 32.7 Å². The average molecular weight is 526 g/mol. The highest BCUT2D eigenvalue weighted by Crippen LogP contribution is 2.19. The Balaban J connectivity index is 0.000000136. The number of carboxylic acid groups (broad SMARTS) is 1. The Kier molecular flexibility index (Phi) is 8.43. The zero-order valence-corrected chi connectivity index (χ0v) is 21.4. The van der Waals surface area contributed by atoms with Crippen molar-refractivity contribution in [1.29, 1.82) is 0 Å². The number of aromatic amines is 3. The number of carbonyl (C=O) groups is 3. The highest BCUT2D eigenvalue weighted by Gasteiger charge is 2.12. The van der Waals surface area contributed by atoms with Crippen LogP contribution in [-0.2, 0) is 9.47 Å². The van der Waals surface area contributed by atoms with Crippen molar-refractivity contribution in [2.75, 3.05) is 13.7 Å². The summed E-state index contributed by atoms with van der Waals surface area (Å²) < 4.78 is 9.58. The Morgan fingerprint density at radius 3 is 1.44 bits per heavy atom. The Hall–Kier alpha value is -5.31. The first-order valence-electron chi connectivity index (χ1n) is 12.1. The maximum absolute atomic E-state index is 11.5. The van der Waals surface area contributed by atoms with E-state index in [0.717, 1.165) is 32.7 Å². The van der Waals surface area contributed by atoms with Gasteiger partial charge in [-0.3, -0.25) is 0 Å². The number of carboxylic acids is 1. The minimum atomic E-state index is -0.896. The third-order valence-electron chi connectivity index (χ3n) is 5.90. The molecule has 3 heterocycles. The van der Waals surface area contributed by atoms with Crippen molar-refractivity contribution >= 4 is 50.6 Å². The van der Waals surface area contributed by atoms with Crippen molar-refractivity contribution in [2.24, 2.45) is 0 Å². The van der Waals surface area contributed by atoms with Crippen molar-refractivity contribution in [2.45, 2.75) is 6.92 Å². The number of carbonyl (C=O) groups excluding carboxylic acids is 2. The van der Waals surface area contributed by atoms with E-state index >= 15 is 0 Å². The zero-order valence-electron chi connectivity index (χ0n) is 21.4. The van der Waals surface area contributed by atoms with Gasteiger partial charge >= 0.3 is 17.9 Å². The standard InChI is InChI=1S/C11H11NO2.C10H9NO2.C9H7NO2/c1-2-14-11(13)9-7-12-10-6-4-3-5-8(9)10;1-13-10(12)8-6-11-9-5-3-2-4-7(8)9;11-9(12)7-5-10-8-4-2-1-3-6(7)8/h3-7,12H,2H2,1H3;2-6,11H,1H3;1-5,10H,(H,11,12). The normalized spacial score (nSPS) is 10.3. The molecule has 0 fully saturated rings. The van der Waals surface area contributed by atoms with Gasteiger partial charge in [0.2, 0.25) is 0 Å². The Morgan fingerprint density at radius 2 is 1.03 bits per heavy atom. The van der Waals surface area contributed by atoms with Crippen molar-refractivity contribution in [1.82, 2.24) is 15.0 Å². The largest absolute Gasteiger partial charge is 0.478 e. The number of aromatic carboxylic acids is 1. The molecular weight excluding hydrogens is 498 g/mol. The number of benzene rings is 3. The summed E-state index contributed by atoms with van der Waals surface area (Å²) >= 11 is 0. The fourth-order valence-electron chi connectivity index (χ4n) is 4.05. The molecule has 3 aromatic heterocycles. The number of methoxy groups -OCH3 is 1. The van der Waals surface area contributed by atoms with Crippen molar-refractivity contribution in [3.05, 3.63) is 108 Å². The molecule has 0 atom stereocenters. The number of rotatable bonds is 4. The fraction of sp³-hybridized carbons (Fsp3) is 0.100. The van der Waals surface area contributed by atoms with Crippen molar-refractivity contribution < 1.29 is 29.0 Å². The highest BCUT2D eigenvalue weighted by molar-refractivity contribution is 6.05. The van der Waals surface area contributed by atoms with E-state index in [2.05, 4.69) is 19.7 Å². The fourth-order valence-corrected chi connectivity index (χ4v) is 4.05. The Labute approximate surface area is 223 Å². The van der Waals surface area contributed by atoms with Crippen LogP contribution in [0.2, 0.25) is 0 Å². The highest BCUT2D eigenvalue weighted by atomic mass is 16.5. The van der Waals surface area contributed by atoms with E-state index in [1.54, 1.807) is 25.4 Å². The number of para-hydroxylation sites is 3. The summed E-state index contributed by atoms with van der Waals surface area (Å²) in [5, 5.41) is 11.3. The topological polar surface area (TPSA) is 137 Å². The molecule has 6 rings (SSSR count). The molecule has 0 radical (unpaired) electrons. The summed E-state index contributed by atoms with van der Waals surface area (Å²) in [6.07, 6.45) is 4.85. The van der Waals surface area contributed by atoms with Gasteiger partial charge in [0, 0.05) is 51.3 Å². The van der Waals surface area contributed by atoms with Crippen LogP contribution in [0.15, 0.2) is 91.4 Å². The first-order chi connectivity index (χ1) is 18.9. The van der Waals surface area contributed by atoms with Gasteiger partial charge in [0.15, 0.2) is 0 Å². The lowest BCUT2D eigenvalue weighted by molar-refractivity contribution is 0.0527. The van der Waals surface area contributed by atoms with Gasteiger partial charge in [-0.05, 0) is 25.1 Å². The molecule has 0 saturated carbocycles. The molecule has 0 aliphatic heterocycles. The third kappa shape index (κ3) is 5.99. The number of aromatic nitrogens is 3. The lowest BCUT2D eigenvalue weighted by Crippen LogP contribution is -2.03. The summed E-state index contributed by atoms with van der Waals surface area (Å²) in [7, 11) is 1.38. The van der Waals surface area contributed by atoms with Crippen LogP contribution in [0.1, 0.15) is 38.0 Å². The van der Waals surface area contributed by atoms with Gasteiger partial charge in [0.25, 0.3) is 0 Å². The molecule has 9 heteroatoms. The van der Waals surface area contributed by atoms with Gasteiger partial charge in [0.05, 0.1) is 30.4 Å². The Morgan fingerprint density at radius 1 is 0.641 bits per heavy atom. The molecule has 0 aliphatic carbocycles. The molecule has 3 aromatic carbocycles. The van der Waals surface area contributed by atoms with Crippen LogP contribution < -0.4 is 0 Å². The molecule has 0 unspecified atom stereocenters. The summed E-state index contributed by atoms with van der Waals surface area (Å²) in [5.74, 6) is -1.48. The van der Waals surface area contributed by atoms with Gasteiger partial charge in [0.1, 0.15) is 0 Å². The van der Waals surface area contributed by atoms with E-state index in [1.807, 2.05) is 66.7 Å². The smallest absolute Gasteiger partial charge is 0.340 e. The second-order valence-electron chi connectivity index (χ2n) is 8.26. The molecule has 0 spiro atoms. The molecule has 198 valence electrons.